The summed E-state index contributed by atoms with van der Waals surface area (Å²) in [6.45, 7) is 0. The molecule has 7 heteroatoms. The van der Waals surface area contributed by atoms with E-state index in [-0.39, 0.29) is 16.7 Å². The minimum Gasteiger partial charge on any atom is -0.478 e. The lowest BCUT2D eigenvalue weighted by Crippen LogP contribution is -2.32. The number of hydrogen-bond donors (Lipinski definition) is 3. The Bertz CT molecular complexity index is 980. The molecule has 136 valence electrons. The van der Waals surface area contributed by atoms with Gasteiger partial charge in [-0.25, -0.2) is 9.18 Å². The molecule has 0 aromatic heterocycles. The second-order valence-electron chi connectivity index (χ2n) is 5.75. The Kier molecular flexibility index (Phi) is 5.60. The maximum Gasteiger partial charge on any atom is 0.335 e. The molecule has 0 fully saturated rings. The second-order valence-corrected chi connectivity index (χ2v) is 6.73. The van der Waals surface area contributed by atoms with Crippen LogP contribution in [-0.2, 0) is 5.75 Å². The van der Waals surface area contributed by atoms with E-state index >= 15 is 0 Å². The summed E-state index contributed by atoms with van der Waals surface area (Å²) < 4.78 is 14.6. The van der Waals surface area contributed by atoms with Gasteiger partial charge in [-0.15, -0.1) is 11.8 Å². The molecule has 5 nitrogen and oxygen atoms in total. The van der Waals surface area contributed by atoms with Crippen LogP contribution in [0, 0.1) is 11.3 Å². The number of carbonyl (C=O) groups is 1. The van der Waals surface area contributed by atoms with E-state index in [2.05, 4.69) is 5.32 Å². The van der Waals surface area contributed by atoms with Crippen molar-refractivity contribution < 1.29 is 19.4 Å². The highest BCUT2D eigenvalue weighted by Gasteiger charge is 2.29. The van der Waals surface area contributed by atoms with Crippen molar-refractivity contribution in [2.45, 2.75) is 12.0 Å². The molecule has 0 amide bonds. The Morgan fingerprint density at radius 2 is 1.96 bits per heavy atom. The van der Waals surface area contributed by atoms with Gasteiger partial charge in [0, 0.05) is 11.3 Å². The number of carboxylic acids is 1. The summed E-state index contributed by atoms with van der Waals surface area (Å²) in [6.07, 6.45) is -1.55. The summed E-state index contributed by atoms with van der Waals surface area (Å²) in [7, 11) is 0. The third-order valence-electron chi connectivity index (χ3n) is 3.96. The first-order valence-corrected chi connectivity index (χ1v) is 8.99. The fourth-order valence-electron chi connectivity index (χ4n) is 2.69. The van der Waals surface area contributed by atoms with Crippen molar-refractivity contribution in [3.05, 3.63) is 87.7 Å². The van der Waals surface area contributed by atoms with E-state index in [1.54, 1.807) is 42.5 Å². The Labute approximate surface area is 159 Å². The van der Waals surface area contributed by atoms with Crippen molar-refractivity contribution >= 4 is 23.3 Å². The Hall–Kier alpha value is -3.08. The molecular weight excluding hydrogens is 367 g/mol. The predicted molar refractivity (Wildman–Crippen MR) is 101 cm³/mol. The molecule has 0 saturated carbocycles. The van der Waals surface area contributed by atoms with E-state index in [4.69, 9.17) is 5.11 Å². The van der Waals surface area contributed by atoms with Crippen LogP contribution in [0.25, 0.3) is 5.57 Å². The Morgan fingerprint density at radius 1 is 1.22 bits per heavy atom. The molecule has 3 N–H and O–H groups in total. The first-order chi connectivity index (χ1) is 13.0. The third kappa shape index (κ3) is 4.03. The quantitative estimate of drug-likeness (QED) is 0.731. The van der Waals surface area contributed by atoms with Gasteiger partial charge in [-0.3, -0.25) is 0 Å². The van der Waals surface area contributed by atoms with Gasteiger partial charge in [-0.05, 0) is 23.3 Å². The number of hydrogen-bond acceptors (Lipinski definition) is 5. The first-order valence-electron chi connectivity index (χ1n) is 8.00. The van der Waals surface area contributed by atoms with Crippen molar-refractivity contribution in [2.24, 2.45) is 0 Å². The van der Waals surface area contributed by atoms with Gasteiger partial charge < -0.3 is 15.5 Å². The van der Waals surface area contributed by atoms with Gasteiger partial charge in [0.2, 0.25) is 0 Å². The fraction of sp³-hybridized carbons (Fsp3) is 0.100. The van der Waals surface area contributed by atoms with Crippen LogP contribution in [0.3, 0.4) is 0 Å². The van der Waals surface area contributed by atoms with Gasteiger partial charge in [-0.1, -0.05) is 42.5 Å². The number of dihydropyridines is 1. The molecule has 0 radical (unpaired) electrons. The molecule has 0 spiro atoms. The van der Waals surface area contributed by atoms with E-state index in [0.29, 0.717) is 16.3 Å². The molecule has 0 saturated heterocycles. The van der Waals surface area contributed by atoms with Gasteiger partial charge in [0.25, 0.3) is 0 Å². The molecule has 27 heavy (non-hydrogen) atoms. The minimum atomic E-state index is -1.55. The molecule has 1 aliphatic rings. The predicted octanol–water partition coefficient (Wildman–Crippen LogP) is 3.66. The molecule has 2 aromatic carbocycles. The van der Waals surface area contributed by atoms with Crippen LogP contribution in [0.15, 0.2) is 71.0 Å². The van der Waals surface area contributed by atoms with E-state index in [0.717, 1.165) is 5.56 Å². The lowest BCUT2D eigenvalue weighted by atomic mass is 9.96. The van der Waals surface area contributed by atoms with Gasteiger partial charge in [0.1, 0.15) is 6.07 Å². The molecule has 1 aliphatic heterocycles. The van der Waals surface area contributed by atoms with Crippen LogP contribution in [-0.4, -0.2) is 22.4 Å². The van der Waals surface area contributed by atoms with Crippen LogP contribution in [0.5, 0.6) is 0 Å². The van der Waals surface area contributed by atoms with Crippen molar-refractivity contribution in [3.63, 3.8) is 0 Å². The summed E-state index contributed by atoms with van der Waals surface area (Å²) in [5, 5.41) is 31.6. The molecule has 1 heterocycles. The standard InChI is InChI=1S/C20H15FN2O3S/c21-17-16(13-6-2-1-3-7-13)15(10-22)19(23-18(17)24)27-11-12-5-4-8-14(9-12)20(25)26/h1-9,18,23-24H,11H2,(H,25,26). The van der Waals surface area contributed by atoms with Gasteiger partial charge in [0.05, 0.1) is 16.2 Å². The van der Waals surface area contributed by atoms with E-state index < -0.39 is 18.0 Å². The van der Waals surface area contributed by atoms with Crippen LogP contribution in [0.2, 0.25) is 0 Å². The van der Waals surface area contributed by atoms with Crippen LogP contribution < -0.4 is 5.32 Å². The summed E-state index contributed by atoms with van der Waals surface area (Å²) in [4.78, 5) is 11.1. The Morgan fingerprint density at radius 3 is 2.63 bits per heavy atom. The van der Waals surface area contributed by atoms with E-state index in [1.807, 2.05) is 6.07 Å². The van der Waals surface area contributed by atoms with E-state index in [9.17, 15) is 19.6 Å². The van der Waals surface area contributed by atoms with Crippen molar-refractivity contribution in [1.29, 1.82) is 5.26 Å². The molecule has 1 unspecified atom stereocenters. The average molecular weight is 382 g/mol. The highest BCUT2D eigenvalue weighted by molar-refractivity contribution is 8.02. The topological polar surface area (TPSA) is 93.4 Å². The SMILES string of the molecule is N#CC1=C(SCc2cccc(C(=O)O)c2)NC(O)C(F)=C1c1ccccc1. The summed E-state index contributed by atoms with van der Waals surface area (Å²) in [5.74, 6) is -1.48. The zero-order chi connectivity index (χ0) is 19.4. The van der Waals surface area contributed by atoms with Gasteiger partial charge in [-0.2, -0.15) is 5.26 Å². The molecule has 0 bridgehead atoms. The number of nitrogens with zero attached hydrogens (tertiary/aromatic N) is 1. The van der Waals surface area contributed by atoms with Gasteiger partial charge >= 0.3 is 5.97 Å². The van der Waals surface area contributed by atoms with Crippen molar-refractivity contribution in [2.75, 3.05) is 0 Å². The Balaban J connectivity index is 1.93. The average Bonchev–Trinajstić information content (AvgIpc) is 2.69. The number of aromatic carboxylic acids is 1. The largest absolute Gasteiger partial charge is 0.478 e. The van der Waals surface area contributed by atoms with Gasteiger partial charge in [0.15, 0.2) is 12.1 Å². The molecule has 0 aliphatic carbocycles. The van der Waals surface area contributed by atoms with E-state index in [1.165, 1.54) is 23.9 Å². The highest BCUT2D eigenvalue weighted by Crippen LogP contribution is 2.37. The summed E-state index contributed by atoms with van der Waals surface area (Å²) in [6, 6.07) is 17.0. The normalized spacial score (nSPS) is 16.7. The van der Waals surface area contributed by atoms with Crippen LogP contribution in [0.4, 0.5) is 4.39 Å². The molecule has 3 rings (SSSR count). The summed E-state index contributed by atoms with van der Waals surface area (Å²) >= 11 is 1.20. The number of carboxylic acid groups (broad SMARTS) is 1. The van der Waals surface area contributed by atoms with Crippen molar-refractivity contribution in [1.82, 2.24) is 5.32 Å². The number of nitriles is 1. The second kappa shape index (κ2) is 8.08. The molecule has 2 aromatic rings. The number of aliphatic hydroxyl groups is 1. The first kappa shape index (κ1) is 18.7. The van der Waals surface area contributed by atoms with Crippen molar-refractivity contribution in [3.8, 4) is 6.07 Å². The lowest BCUT2D eigenvalue weighted by Gasteiger charge is -2.25. The number of halogens is 1. The number of rotatable bonds is 5. The number of benzene rings is 2. The molecular formula is C20H15FN2O3S. The zero-order valence-corrected chi connectivity index (χ0v) is 14.8. The maximum atomic E-state index is 14.6. The number of nitrogens with one attached hydrogen (secondary N) is 1. The number of allylic oxidation sites excluding steroid dienone is 2. The third-order valence-corrected chi connectivity index (χ3v) is 5.04. The fourth-order valence-corrected chi connectivity index (χ4v) is 3.66. The number of aliphatic hydroxyl groups excluding tert-OH is 1. The smallest absolute Gasteiger partial charge is 0.335 e. The van der Waals surface area contributed by atoms with Crippen LogP contribution in [0.1, 0.15) is 21.5 Å². The highest BCUT2D eigenvalue weighted by atomic mass is 32.2. The number of thioether (sulfide) groups is 1. The summed E-state index contributed by atoms with van der Waals surface area (Å²) in [5.41, 5.74) is 1.56. The monoisotopic (exact) mass is 382 g/mol. The molecule has 1 atom stereocenters. The zero-order valence-electron chi connectivity index (χ0n) is 14.0. The van der Waals surface area contributed by atoms with Crippen LogP contribution >= 0.6 is 11.8 Å². The minimum absolute atomic E-state index is 0.0612. The maximum absolute atomic E-state index is 14.6. The lowest BCUT2D eigenvalue weighted by molar-refractivity contribution is 0.0696.